The molecular formula is C13H18O4. The van der Waals surface area contributed by atoms with Crippen LogP contribution in [0.15, 0.2) is 24.3 Å². The third kappa shape index (κ3) is 3.39. The zero-order valence-corrected chi connectivity index (χ0v) is 10.4. The Morgan fingerprint density at radius 1 is 1.24 bits per heavy atom. The van der Waals surface area contributed by atoms with Crippen molar-refractivity contribution >= 4 is 0 Å². The number of hydrogen-bond acceptors (Lipinski definition) is 4. The van der Waals surface area contributed by atoms with Gasteiger partial charge in [0, 0.05) is 0 Å². The molecular weight excluding hydrogens is 220 g/mol. The van der Waals surface area contributed by atoms with E-state index in [1.165, 1.54) is 0 Å². The second-order valence-electron chi connectivity index (χ2n) is 3.73. The van der Waals surface area contributed by atoms with Gasteiger partial charge in [-0.25, -0.2) is 0 Å². The average Bonchev–Trinajstić information content (AvgIpc) is 2.34. The first-order valence-corrected chi connectivity index (χ1v) is 5.25. The van der Waals surface area contributed by atoms with Crippen LogP contribution in [0.25, 0.3) is 0 Å². The molecule has 0 radical (unpaired) electrons. The Morgan fingerprint density at radius 2 is 1.76 bits per heavy atom. The van der Waals surface area contributed by atoms with E-state index in [1.807, 2.05) is 6.92 Å². The first-order valence-electron chi connectivity index (χ1n) is 5.25. The summed E-state index contributed by atoms with van der Waals surface area (Å²) in [4.78, 5) is 0. The minimum absolute atomic E-state index is 0.0759. The fourth-order valence-electron chi connectivity index (χ4n) is 1.36. The first kappa shape index (κ1) is 13.4. The largest absolute Gasteiger partial charge is 0.493 e. The predicted molar refractivity (Wildman–Crippen MR) is 65.8 cm³/mol. The molecule has 1 N–H and O–H groups in total. The molecule has 1 rings (SSSR count). The lowest BCUT2D eigenvalue weighted by Crippen LogP contribution is -2.02. The monoisotopic (exact) mass is 238 g/mol. The van der Waals surface area contributed by atoms with Crippen LogP contribution < -0.4 is 14.2 Å². The van der Waals surface area contributed by atoms with Gasteiger partial charge in [0.2, 0.25) is 5.75 Å². The van der Waals surface area contributed by atoms with Crippen LogP contribution in [0.1, 0.15) is 12.5 Å². The Labute approximate surface area is 101 Å². The van der Waals surface area contributed by atoms with Gasteiger partial charge in [-0.05, 0) is 30.2 Å². The van der Waals surface area contributed by atoms with Crippen molar-refractivity contribution in [2.45, 2.75) is 13.5 Å². The fraction of sp³-hybridized carbons (Fsp3) is 0.385. The van der Waals surface area contributed by atoms with Gasteiger partial charge in [-0.15, -0.1) is 0 Å². The third-order valence-electron chi connectivity index (χ3n) is 2.17. The van der Waals surface area contributed by atoms with Crippen molar-refractivity contribution in [1.29, 1.82) is 0 Å². The second kappa shape index (κ2) is 6.15. The summed E-state index contributed by atoms with van der Waals surface area (Å²) in [6, 6.07) is 3.44. The van der Waals surface area contributed by atoms with Crippen molar-refractivity contribution in [2.75, 3.05) is 20.8 Å². The number of hydrogen-bond donors (Lipinski definition) is 1. The summed E-state index contributed by atoms with van der Waals surface area (Å²) in [5.41, 5.74) is 1.61. The van der Waals surface area contributed by atoms with Crippen molar-refractivity contribution in [1.82, 2.24) is 0 Å². The van der Waals surface area contributed by atoms with E-state index in [0.29, 0.717) is 29.4 Å². The van der Waals surface area contributed by atoms with E-state index in [9.17, 15) is 0 Å². The maximum Gasteiger partial charge on any atom is 0.203 e. The van der Waals surface area contributed by atoms with Gasteiger partial charge in [-0.1, -0.05) is 6.58 Å². The van der Waals surface area contributed by atoms with Crippen LogP contribution in [0.4, 0.5) is 0 Å². The van der Waals surface area contributed by atoms with Gasteiger partial charge in [-0.2, -0.15) is 0 Å². The number of methoxy groups -OCH3 is 2. The molecule has 0 spiro atoms. The highest BCUT2D eigenvalue weighted by molar-refractivity contribution is 5.53. The average molecular weight is 238 g/mol. The molecule has 0 aliphatic heterocycles. The predicted octanol–water partition coefficient (Wildman–Crippen LogP) is 2.15. The Hall–Kier alpha value is -1.68. The Kier molecular flexibility index (Phi) is 4.84. The normalized spacial score (nSPS) is 9.88. The molecule has 0 heterocycles. The van der Waals surface area contributed by atoms with Crippen molar-refractivity contribution in [2.24, 2.45) is 0 Å². The van der Waals surface area contributed by atoms with E-state index >= 15 is 0 Å². The fourth-order valence-corrected chi connectivity index (χ4v) is 1.36. The number of aliphatic hydroxyl groups is 1. The maximum absolute atomic E-state index is 9.12. The Bertz CT molecular complexity index is 373. The van der Waals surface area contributed by atoms with Gasteiger partial charge in [0.1, 0.15) is 6.61 Å². The van der Waals surface area contributed by atoms with Crippen molar-refractivity contribution < 1.29 is 19.3 Å². The van der Waals surface area contributed by atoms with Crippen LogP contribution >= 0.6 is 0 Å². The highest BCUT2D eigenvalue weighted by atomic mass is 16.5. The highest BCUT2D eigenvalue weighted by Crippen LogP contribution is 2.38. The van der Waals surface area contributed by atoms with Crippen LogP contribution in [0, 0.1) is 0 Å². The van der Waals surface area contributed by atoms with Gasteiger partial charge in [0.25, 0.3) is 0 Å². The number of rotatable bonds is 6. The van der Waals surface area contributed by atoms with Crippen molar-refractivity contribution in [3.63, 3.8) is 0 Å². The standard InChI is InChI=1S/C13H18O4/c1-9(2)8-17-13-11(15-3)5-10(7-14)6-12(13)16-4/h5-6,14H,1,7-8H2,2-4H3. The quantitative estimate of drug-likeness (QED) is 0.771. The zero-order valence-electron chi connectivity index (χ0n) is 10.4. The molecule has 1 aromatic rings. The molecule has 0 aliphatic rings. The highest BCUT2D eigenvalue weighted by Gasteiger charge is 2.13. The Balaban J connectivity index is 3.10. The van der Waals surface area contributed by atoms with Gasteiger partial charge in [0.05, 0.1) is 20.8 Å². The van der Waals surface area contributed by atoms with E-state index < -0.39 is 0 Å². The molecule has 0 aliphatic carbocycles. The number of benzene rings is 1. The van der Waals surface area contributed by atoms with Crippen LogP contribution in [0.2, 0.25) is 0 Å². The van der Waals surface area contributed by atoms with E-state index in [2.05, 4.69) is 6.58 Å². The molecule has 0 saturated carbocycles. The lowest BCUT2D eigenvalue weighted by atomic mass is 10.2. The lowest BCUT2D eigenvalue weighted by molar-refractivity contribution is 0.274. The van der Waals surface area contributed by atoms with Gasteiger partial charge in [-0.3, -0.25) is 0 Å². The third-order valence-corrected chi connectivity index (χ3v) is 2.17. The molecule has 0 fully saturated rings. The summed E-state index contributed by atoms with van der Waals surface area (Å²) in [7, 11) is 3.09. The van der Waals surface area contributed by atoms with Crippen molar-refractivity contribution in [3.05, 3.63) is 29.8 Å². The van der Waals surface area contributed by atoms with E-state index in [-0.39, 0.29) is 6.61 Å². The summed E-state index contributed by atoms with van der Waals surface area (Å²) in [5.74, 6) is 1.60. The van der Waals surface area contributed by atoms with Gasteiger partial charge in [0.15, 0.2) is 11.5 Å². The zero-order chi connectivity index (χ0) is 12.8. The lowest BCUT2D eigenvalue weighted by Gasteiger charge is -2.15. The molecule has 4 nitrogen and oxygen atoms in total. The van der Waals surface area contributed by atoms with Crippen LogP contribution in [-0.4, -0.2) is 25.9 Å². The topological polar surface area (TPSA) is 47.9 Å². The smallest absolute Gasteiger partial charge is 0.203 e. The maximum atomic E-state index is 9.12. The summed E-state index contributed by atoms with van der Waals surface area (Å²) < 4.78 is 16.0. The molecule has 0 amide bonds. The number of ether oxygens (including phenoxy) is 3. The molecule has 4 heteroatoms. The minimum atomic E-state index is -0.0759. The van der Waals surface area contributed by atoms with Crippen LogP contribution in [-0.2, 0) is 6.61 Å². The molecule has 0 atom stereocenters. The summed E-state index contributed by atoms with van der Waals surface area (Å²) in [6.45, 7) is 5.96. The molecule has 0 aromatic heterocycles. The van der Waals surface area contributed by atoms with Gasteiger partial charge >= 0.3 is 0 Å². The van der Waals surface area contributed by atoms with Crippen LogP contribution in [0.5, 0.6) is 17.2 Å². The number of aliphatic hydroxyl groups excluding tert-OH is 1. The molecule has 94 valence electrons. The van der Waals surface area contributed by atoms with Gasteiger partial charge < -0.3 is 19.3 Å². The molecule has 17 heavy (non-hydrogen) atoms. The summed E-state index contributed by atoms with van der Waals surface area (Å²) in [5, 5.41) is 9.12. The Morgan fingerprint density at radius 3 is 2.12 bits per heavy atom. The molecule has 1 aromatic carbocycles. The second-order valence-corrected chi connectivity index (χ2v) is 3.73. The molecule has 0 saturated heterocycles. The van der Waals surface area contributed by atoms with Crippen LogP contribution in [0.3, 0.4) is 0 Å². The SMILES string of the molecule is C=C(C)COc1c(OC)cc(CO)cc1OC. The van der Waals surface area contributed by atoms with Crippen molar-refractivity contribution in [3.8, 4) is 17.2 Å². The molecule has 0 unspecified atom stereocenters. The molecule has 0 bridgehead atoms. The minimum Gasteiger partial charge on any atom is -0.493 e. The van der Waals surface area contributed by atoms with E-state index in [4.69, 9.17) is 19.3 Å². The summed E-state index contributed by atoms with van der Waals surface area (Å²) >= 11 is 0. The van der Waals surface area contributed by atoms with E-state index in [1.54, 1.807) is 26.4 Å². The first-order chi connectivity index (χ1) is 8.12. The summed E-state index contributed by atoms with van der Waals surface area (Å²) in [6.07, 6.45) is 0. The van der Waals surface area contributed by atoms with E-state index in [0.717, 1.165) is 5.57 Å².